The molecule has 0 atom stereocenters. The van der Waals surface area contributed by atoms with Crippen LogP contribution < -0.4 is 24.8 Å². The first-order chi connectivity index (χ1) is 14.6. The van der Waals surface area contributed by atoms with Gasteiger partial charge in [-0.05, 0) is 48.0 Å². The Morgan fingerprint density at radius 1 is 0.967 bits per heavy atom. The molecule has 30 heavy (non-hydrogen) atoms. The quantitative estimate of drug-likeness (QED) is 0.664. The number of fused-ring (bicyclic) bond motifs is 2. The van der Waals surface area contributed by atoms with E-state index < -0.39 is 0 Å². The largest absolute Gasteiger partial charge is 0.493 e. The number of para-hydroxylation sites is 2. The van der Waals surface area contributed by atoms with Crippen LogP contribution in [0, 0.1) is 0 Å². The number of nitrogens with one attached hydrogen (secondary N) is 2. The van der Waals surface area contributed by atoms with Crippen LogP contribution in [0.25, 0.3) is 0 Å². The highest BCUT2D eigenvalue weighted by molar-refractivity contribution is 6.09. The van der Waals surface area contributed by atoms with E-state index in [0.29, 0.717) is 39.9 Å². The fraction of sp³-hybridized carbons (Fsp3) is 0.130. The van der Waals surface area contributed by atoms with Crippen LogP contribution in [0.3, 0.4) is 0 Å². The molecule has 0 aromatic heterocycles. The molecule has 3 aromatic rings. The minimum Gasteiger partial charge on any atom is -0.493 e. The minimum atomic E-state index is -0.300. The zero-order valence-electron chi connectivity index (χ0n) is 16.5. The summed E-state index contributed by atoms with van der Waals surface area (Å²) in [6, 6.07) is 17.5. The summed E-state index contributed by atoms with van der Waals surface area (Å²) >= 11 is 0. The predicted octanol–water partition coefficient (Wildman–Crippen LogP) is 4.24. The van der Waals surface area contributed by atoms with Crippen molar-refractivity contribution in [2.75, 3.05) is 24.9 Å². The second-order valence-corrected chi connectivity index (χ2v) is 6.68. The highest BCUT2D eigenvalue weighted by Gasteiger charge is 2.21. The lowest BCUT2D eigenvalue weighted by molar-refractivity contribution is -0.115. The maximum absolute atomic E-state index is 12.6. The van der Waals surface area contributed by atoms with Gasteiger partial charge in [0.05, 0.1) is 31.9 Å². The summed E-state index contributed by atoms with van der Waals surface area (Å²) < 4.78 is 16.3. The van der Waals surface area contributed by atoms with Crippen molar-refractivity contribution in [1.29, 1.82) is 0 Å². The zero-order valence-corrected chi connectivity index (χ0v) is 16.5. The third-order valence-corrected chi connectivity index (χ3v) is 4.68. The second kappa shape index (κ2) is 8.16. The van der Waals surface area contributed by atoms with Crippen LogP contribution in [0.4, 0.5) is 11.4 Å². The molecule has 152 valence electrons. The van der Waals surface area contributed by atoms with E-state index in [0.717, 1.165) is 5.56 Å². The van der Waals surface area contributed by atoms with Crippen LogP contribution in [0.5, 0.6) is 23.0 Å². The van der Waals surface area contributed by atoms with E-state index in [2.05, 4.69) is 10.6 Å². The van der Waals surface area contributed by atoms with Crippen molar-refractivity contribution in [2.24, 2.45) is 0 Å². The summed E-state index contributed by atoms with van der Waals surface area (Å²) in [7, 11) is 3.10. The van der Waals surface area contributed by atoms with E-state index in [-0.39, 0.29) is 18.2 Å². The molecule has 1 heterocycles. The fourth-order valence-electron chi connectivity index (χ4n) is 3.22. The third kappa shape index (κ3) is 3.91. The summed E-state index contributed by atoms with van der Waals surface area (Å²) in [5, 5.41) is 5.64. The molecule has 0 saturated heterocycles. The molecule has 7 heteroatoms. The molecule has 0 fully saturated rings. The van der Waals surface area contributed by atoms with Gasteiger partial charge in [0.25, 0.3) is 5.91 Å². The molecule has 0 unspecified atom stereocenters. The van der Waals surface area contributed by atoms with Gasteiger partial charge in [-0.1, -0.05) is 18.2 Å². The highest BCUT2D eigenvalue weighted by Crippen LogP contribution is 2.36. The Kier molecular flexibility index (Phi) is 5.26. The van der Waals surface area contributed by atoms with Crippen molar-refractivity contribution in [3.63, 3.8) is 0 Å². The number of rotatable bonds is 5. The third-order valence-electron chi connectivity index (χ3n) is 4.68. The normalized spacial score (nSPS) is 11.9. The molecule has 0 bridgehead atoms. The molecule has 1 aliphatic rings. The molecule has 3 aromatic carbocycles. The van der Waals surface area contributed by atoms with Crippen molar-refractivity contribution in [2.45, 2.75) is 6.42 Å². The van der Waals surface area contributed by atoms with Crippen molar-refractivity contribution < 1.29 is 23.8 Å². The molecule has 0 radical (unpaired) electrons. The molecule has 4 rings (SSSR count). The molecule has 2 amide bonds. The lowest BCUT2D eigenvalue weighted by Gasteiger charge is -2.11. The van der Waals surface area contributed by atoms with Crippen molar-refractivity contribution in [1.82, 2.24) is 0 Å². The van der Waals surface area contributed by atoms with Gasteiger partial charge < -0.3 is 24.8 Å². The van der Waals surface area contributed by atoms with Gasteiger partial charge in [-0.25, -0.2) is 0 Å². The topological polar surface area (TPSA) is 85.9 Å². The van der Waals surface area contributed by atoms with Crippen LogP contribution in [0.15, 0.2) is 60.7 Å². The summed E-state index contributed by atoms with van der Waals surface area (Å²) in [6.07, 6.45) is 0.144. The molecular weight excluding hydrogens is 384 g/mol. The Labute approximate surface area is 173 Å². The fourth-order valence-corrected chi connectivity index (χ4v) is 3.22. The predicted molar refractivity (Wildman–Crippen MR) is 113 cm³/mol. The van der Waals surface area contributed by atoms with Crippen LogP contribution in [0.2, 0.25) is 0 Å². The van der Waals surface area contributed by atoms with Crippen molar-refractivity contribution in [3.05, 3.63) is 71.8 Å². The minimum absolute atomic E-state index is 0.144. The standard InChI is InChI=1S/C23H20N2O5/c1-28-20-9-7-14(11-21(20)29-2)12-22(26)24-15-8-10-18-16(13-15)23(27)25-17-5-3-4-6-19(17)30-18/h3-11,13H,12H2,1-2H3,(H,24,26)(H,25,27). The van der Waals surface area contributed by atoms with Gasteiger partial charge in [0, 0.05) is 5.69 Å². The molecular formula is C23H20N2O5. The molecule has 0 saturated carbocycles. The average molecular weight is 404 g/mol. The average Bonchev–Trinajstić information content (AvgIpc) is 2.89. The highest BCUT2D eigenvalue weighted by atomic mass is 16.5. The summed E-state index contributed by atoms with van der Waals surface area (Å²) in [6.45, 7) is 0. The maximum atomic E-state index is 12.6. The first kappa shape index (κ1) is 19.3. The van der Waals surface area contributed by atoms with Gasteiger partial charge in [-0.15, -0.1) is 0 Å². The van der Waals surface area contributed by atoms with Crippen LogP contribution in [0.1, 0.15) is 15.9 Å². The smallest absolute Gasteiger partial charge is 0.259 e. The first-order valence-corrected chi connectivity index (χ1v) is 9.30. The number of ether oxygens (including phenoxy) is 3. The van der Waals surface area contributed by atoms with Crippen molar-refractivity contribution in [3.8, 4) is 23.0 Å². The van der Waals surface area contributed by atoms with Gasteiger partial charge in [0.2, 0.25) is 5.91 Å². The number of amides is 2. The number of hydrogen-bond acceptors (Lipinski definition) is 5. The van der Waals surface area contributed by atoms with Crippen molar-refractivity contribution >= 4 is 23.2 Å². The Balaban J connectivity index is 1.50. The number of carbonyl (C=O) groups is 2. The van der Waals surface area contributed by atoms with E-state index in [9.17, 15) is 9.59 Å². The van der Waals surface area contributed by atoms with Crippen LogP contribution >= 0.6 is 0 Å². The lowest BCUT2D eigenvalue weighted by atomic mass is 10.1. The molecule has 1 aliphatic heterocycles. The Bertz CT molecular complexity index is 1130. The van der Waals surface area contributed by atoms with Gasteiger partial charge in [-0.3, -0.25) is 9.59 Å². The number of carbonyl (C=O) groups excluding carboxylic acids is 2. The number of methoxy groups -OCH3 is 2. The van der Waals surface area contributed by atoms with Crippen LogP contribution in [-0.2, 0) is 11.2 Å². The zero-order chi connectivity index (χ0) is 21.1. The van der Waals surface area contributed by atoms with Gasteiger partial charge in [0.1, 0.15) is 5.75 Å². The molecule has 0 aliphatic carbocycles. The SMILES string of the molecule is COc1ccc(CC(=O)Nc2ccc3c(c2)C(=O)Nc2ccccc2O3)cc1OC. The van der Waals surface area contributed by atoms with E-state index in [1.54, 1.807) is 62.8 Å². The number of anilines is 2. The van der Waals surface area contributed by atoms with Gasteiger partial charge >= 0.3 is 0 Å². The van der Waals surface area contributed by atoms with E-state index in [4.69, 9.17) is 14.2 Å². The number of hydrogen-bond donors (Lipinski definition) is 2. The van der Waals surface area contributed by atoms with Gasteiger partial charge in [-0.2, -0.15) is 0 Å². The second-order valence-electron chi connectivity index (χ2n) is 6.68. The molecule has 0 spiro atoms. The van der Waals surface area contributed by atoms with Gasteiger partial charge in [0.15, 0.2) is 17.2 Å². The Morgan fingerprint density at radius 2 is 1.77 bits per heavy atom. The summed E-state index contributed by atoms with van der Waals surface area (Å²) in [5.74, 6) is 1.62. The maximum Gasteiger partial charge on any atom is 0.259 e. The molecule has 2 N–H and O–H groups in total. The van der Waals surface area contributed by atoms with E-state index in [1.807, 2.05) is 12.1 Å². The summed E-state index contributed by atoms with van der Waals surface area (Å²) in [4.78, 5) is 25.1. The number of benzene rings is 3. The molecule has 7 nitrogen and oxygen atoms in total. The first-order valence-electron chi connectivity index (χ1n) is 9.30. The summed E-state index contributed by atoms with van der Waals surface area (Å²) in [5.41, 5.74) is 2.22. The monoisotopic (exact) mass is 404 g/mol. The van der Waals surface area contributed by atoms with E-state index in [1.165, 1.54) is 0 Å². The Morgan fingerprint density at radius 3 is 2.57 bits per heavy atom. The van der Waals surface area contributed by atoms with Crippen LogP contribution in [-0.4, -0.2) is 26.0 Å². The lowest BCUT2D eigenvalue weighted by Crippen LogP contribution is -2.16. The van der Waals surface area contributed by atoms with E-state index >= 15 is 0 Å². The Hall–Kier alpha value is -4.00.